The van der Waals surface area contributed by atoms with E-state index in [4.69, 9.17) is 21.3 Å². The van der Waals surface area contributed by atoms with Gasteiger partial charge in [-0.05, 0) is 63.1 Å². The third-order valence-corrected chi connectivity index (χ3v) is 6.31. The summed E-state index contributed by atoms with van der Waals surface area (Å²) in [6.07, 6.45) is 5.51. The van der Waals surface area contributed by atoms with E-state index in [9.17, 15) is 0 Å². The maximum atomic E-state index is 6.20. The van der Waals surface area contributed by atoms with Crippen molar-refractivity contribution in [1.29, 1.82) is 0 Å². The fourth-order valence-electron chi connectivity index (χ4n) is 4.63. The molecule has 0 aliphatic carbocycles. The molecule has 0 amide bonds. The summed E-state index contributed by atoms with van der Waals surface area (Å²) < 4.78 is 5.96. The molecule has 156 valence electrons. The third kappa shape index (κ3) is 5.05. The van der Waals surface area contributed by atoms with Crippen molar-refractivity contribution in [2.75, 3.05) is 31.1 Å². The van der Waals surface area contributed by atoms with E-state index in [1.54, 1.807) is 0 Å². The van der Waals surface area contributed by atoms with Gasteiger partial charge in [0.2, 0.25) is 0 Å². The first kappa shape index (κ1) is 22.0. The van der Waals surface area contributed by atoms with Gasteiger partial charge in [-0.25, -0.2) is 0 Å². The minimum Gasteiger partial charge on any atom is -0.373 e. The van der Waals surface area contributed by atoms with Crippen molar-refractivity contribution >= 4 is 47.2 Å². The number of nitrogens with zero attached hydrogens (tertiary/aromatic N) is 2. The lowest BCUT2D eigenvalue weighted by Gasteiger charge is -2.23. The number of guanidine groups is 1. The predicted octanol–water partition coefficient (Wildman–Crippen LogP) is 3.97. The van der Waals surface area contributed by atoms with Crippen LogP contribution in [-0.4, -0.2) is 50.4 Å². The molecule has 5 nitrogen and oxygen atoms in total. The van der Waals surface area contributed by atoms with Crippen molar-refractivity contribution in [2.24, 2.45) is 10.9 Å². The van der Waals surface area contributed by atoms with Gasteiger partial charge in [-0.15, -0.1) is 24.0 Å². The third-order valence-electron chi connectivity index (χ3n) is 6.08. The van der Waals surface area contributed by atoms with Gasteiger partial charge in [0.1, 0.15) is 0 Å². The zero-order valence-electron chi connectivity index (χ0n) is 16.8. The molecule has 0 aromatic heterocycles. The largest absolute Gasteiger partial charge is 0.373 e. The van der Waals surface area contributed by atoms with Crippen molar-refractivity contribution in [2.45, 2.75) is 57.8 Å². The van der Waals surface area contributed by atoms with Crippen LogP contribution < -0.4 is 15.5 Å². The fourth-order valence-corrected chi connectivity index (χ4v) is 4.80. The van der Waals surface area contributed by atoms with Gasteiger partial charge in [0, 0.05) is 36.9 Å². The summed E-state index contributed by atoms with van der Waals surface area (Å²) in [5, 5.41) is 7.83. The summed E-state index contributed by atoms with van der Waals surface area (Å²) in [7, 11) is 0. The normalized spacial score (nSPS) is 29.1. The van der Waals surface area contributed by atoms with Crippen LogP contribution in [-0.2, 0) is 4.74 Å². The van der Waals surface area contributed by atoms with Crippen LogP contribution in [0.2, 0.25) is 5.02 Å². The summed E-state index contributed by atoms with van der Waals surface area (Å²) in [5.41, 5.74) is 2.55. The molecule has 2 bridgehead atoms. The first-order chi connectivity index (χ1) is 13.1. The number of fused-ring (bicyclic) bond motifs is 2. The van der Waals surface area contributed by atoms with E-state index in [0.717, 1.165) is 43.6 Å². The highest BCUT2D eigenvalue weighted by Gasteiger charge is 2.41. The summed E-state index contributed by atoms with van der Waals surface area (Å²) >= 11 is 6.20. The van der Waals surface area contributed by atoms with Crippen LogP contribution in [0.15, 0.2) is 23.2 Å². The van der Waals surface area contributed by atoms with Crippen LogP contribution in [0.25, 0.3) is 0 Å². The number of halogens is 2. The Morgan fingerprint density at radius 1 is 1.32 bits per heavy atom. The van der Waals surface area contributed by atoms with Gasteiger partial charge < -0.3 is 20.3 Å². The molecule has 4 atom stereocenters. The van der Waals surface area contributed by atoms with E-state index in [-0.39, 0.29) is 24.0 Å². The second kappa shape index (κ2) is 9.85. The number of aliphatic imine (C=N–C) groups is 1. The zero-order chi connectivity index (χ0) is 18.8. The van der Waals surface area contributed by atoms with Crippen LogP contribution in [0.5, 0.6) is 0 Å². The Bertz CT molecular complexity index is 701. The Morgan fingerprint density at radius 2 is 2.18 bits per heavy atom. The van der Waals surface area contributed by atoms with Gasteiger partial charge in [0.05, 0.1) is 18.2 Å². The molecule has 3 heterocycles. The molecular formula is C21H32ClIN4O. The van der Waals surface area contributed by atoms with Gasteiger partial charge >= 0.3 is 0 Å². The first-order valence-electron chi connectivity index (χ1n) is 10.3. The van der Waals surface area contributed by atoms with Gasteiger partial charge in [-0.1, -0.05) is 17.7 Å². The van der Waals surface area contributed by atoms with E-state index in [2.05, 4.69) is 41.5 Å². The molecule has 0 radical (unpaired) electrons. The molecular weight excluding hydrogens is 487 g/mol. The van der Waals surface area contributed by atoms with E-state index >= 15 is 0 Å². The summed E-state index contributed by atoms with van der Waals surface area (Å²) in [6, 6.07) is 6.57. The molecule has 3 saturated heterocycles. The van der Waals surface area contributed by atoms with Gasteiger partial charge in [0.25, 0.3) is 0 Å². The molecule has 4 rings (SSSR count). The predicted molar refractivity (Wildman–Crippen MR) is 127 cm³/mol. The Hall–Kier alpha value is -0.730. The zero-order valence-corrected chi connectivity index (χ0v) is 19.9. The fraction of sp³-hybridized carbons (Fsp3) is 0.667. The van der Waals surface area contributed by atoms with Crippen molar-refractivity contribution in [3.8, 4) is 0 Å². The highest BCUT2D eigenvalue weighted by atomic mass is 127. The first-order valence-corrected chi connectivity index (χ1v) is 10.7. The molecule has 1 aromatic rings. The molecule has 2 N–H and O–H groups in total. The van der Waals surface area contributed by atoms with Gasteiger partial charge in [-0.2, -0.15) is 0 Å². The molecule has 3 aliphatic heterocycles. The standard InChI is InChI=1S/C21H31ClN4O.HI/c1-3-23-21(25-18-11-17-6-7-20(18)27-17)24-12-15-8-9-26(13-15)19-10-16(22)5-4-14(19)2;/h4-5,10,15,17-18,20H,3,6-9,11-13H2,1-2H3,(H2,23,24,25);1H. The number of hydrogen-bond acceptors (Lipinski definition) is 3. The van der Waals surface area contributed by atoms with Gasteiger partial charge in [-0.3, -0.25) is 4.99 Å². The second-order valence-electron chi connectivity index (χ2n) is 8.11. The lowest BCUT2D eigenvalue weighted by atomic mass is 9.96. The van der Waals surface area contributed by atoms with Crippen molar-refractivity contribution in [3.05, 3.63) is 28.8 Å². The average molecular weight is 519 g/mol. The Balaban J connectivity index is 0.00000225. The van der Waals surface area contributed by atoms with E-state index in [1.807, 2.05) is 6.07 Å². The Kier molecular flexibility index (Phi) is 7.73. The van der Waals surface area contributed by atoms with Crippen molar-refractivity contribution in [1.82, 2.24) is 10.6 Å². The molecule has 1 aromatic carbocycles. The summed E-state index contributed by atoms with van der Waals surface area (Å²) in [4.78, 5) is 7.35. The van der Waals surface area contributed by atoms with Crippen LogP contribution in [0.4, 0.5) is 5.69 Å². The quantitative estimate of drug-likeness (QED) is 0.352. The van der Waals surface area contributed by atoms with Crippen LogP contribution in [0.1, 0.15) is 38.2 Å². The average Bonchev–Trinajstić information content (AvgIpc) is 3.38. The maximum Gasteiger partial charge on any atom is 0.191 e. The highest BCUT2D eigenvalue weighted by Crippen LogP contribution is 2.34. The SMILES string of the molecule is CCNC(=NCC1CCN(c2cc(Cl)ccc2C)C1)NC1CC2CCC1O2.I. The lowest BCUT2D eigenvalue weighted by Crippen LogP contribution is -2.47. The van der Waals surface area contributed by atoms with E-state index < -0.39 is 0 Å². The molecule has 0 saturated carbocycles. The molecule has 3 fully saturated rings. The highest BCUT2D eigenvalue weighted by molar-refractivity contribution is 14.0. The topological polar surface area (TPSA) is 48.9 Å². The molecule has 4 unspecified atom stereocenters. The maximum absolute atomic E-state index is 6.20. The molecule has 28 heavy (non-hydrogen) atoms. The van der Waals surface area contributed by atoms with Gasteiger partial charge in [0.15, 0.2) is 5.96 Å². The number of rotatable bonds is 5. The number of nitrogens with one attached hydrogen (secondary N) is 2. The summed E-state index contributed by atoms with van der Waals surface area (Å²) in [6.45, 7) is 8.13. The molecule has 3 aliphatic rings. The van der Waals surface area contributed by atoms with E-state index in [1.165, 1.54) is 30.5 Å². The number of benzene rings is 1. The van der Waals surface area contributed by atoms with E-state index in [0.29, 0.717) is 24.2 Å². The minimum absolute atomic E-state index is 0. The number of aryl methyl sites for hydroxylation is 1. The van der Waals surface area contributed by atoms with Crippen molar-refractivity contribution < 1.29 is 4.74 Å². The van der Waals surface area contributed by atoms with Crippen LogP contribution in [0.3, 0.4) is 0 Å². The lowest BCUT2D eigenvalue weighted by molar-refractivity contribution is 0.0992. The summed E-state index contributed by atoms with van der Waals surface area (Å²) in [5.74, 6) is 1.52. The molecule has 0 spiro atoms. The Morgan fingerprint density at radius 3 is 2.89 bits per heavy atom. The van der Waals surface area contributed by atoms with Crippen LogP contribution >= 0.6 is 35.6 Å². The number of anilines is 1. The van der Waals surface area contributed by atoms with Crippen LogP contribution in [0, 0.1) is 12.8 Å². The smallest absolute Gasteiger partial charge is 0.191 e. The minimum atomic E-state index is 0. The van der Waals surface area contributed by atoms with Crippen molar-refractivity contribution in [3.63, 3.8) is 0 Å². The number of hydrogen-bond donors (Lipinski definition) is 2. The molecule has 7 heteroatoms. The monoisotopic (exact) mass is 518 g/mol. The number of ether oxygens (including phenoxy) is 1. The second-order valence-corrected chi connectivity index (χ2v) is 8.55. The Labute approximate surface area is 190 Å².